The third kappa shape index (κ3) is 4.53. The Balaban J connectivity index is 2.66. The fourth-order valence-corrected chi connectivity index (χ4v) is 1.79. The number of carboxylic acids is 1. The first-order valence-corrected chi connectivity index (χ1v) is 6.60. The molecule has 0 saturated heterocycles. The minimum atomic E-state index is -0.920. The molecule has 0 fully saturated rings. The Kier molecular flexibility index (Phi) is 5.50. The van der Waals surface area contributed by atoms with Crippen LogP contribution in [0.15, 0.2) is 24.3 Å². The SMILES string of the molecule is Cc1ccc(/C=C/C(=O)NC(C)C(C)C(=O)O)c(C)c1. The van der Waals surface area contributed by atoms with Gasteiger partial charge in [0.15, 0.2) is 0 Å². The standard InChI is InChI=1S/C16H21NO3/c1-10-5-6-14(11(2)9-10)7-8-15(18)17-13(4)12(3)16(19)20/h5-9,12-13H,1-4H3,(H,17,18)(H,19,20)/b8-7+. The summed E-state index contributed by atoms with van der Waals surface area (Å²) >= 11 is 0. The Morgan fingerprint density at radius 1 is 1.25 bits per heavy atom. The highest BCUT2D eigenvalue weighted by Crippen LogP contribution is 2.12. The number of aliphatic carboxylic acids is 1. The van der Waals surface area contributed by atoms with Crippen LogP contribution in [0.2, 0.25) is 0 Å². The average Bonchev–Trinajstić information content (AvgIpc) is 2.36. The Morgan fingerprint density at radius 2 is 1.90 bits per heavy atom. The van der Waals surface area contributed by atoms with E-state index in [-0.39, 0.29) is 5.91 Å². The summed E-state index contributed by atoms with van der Waals surface area (Å²) in [5.74, 6) is -1.82. The summed E-state index contributed by atoms with van der Waals surface area (Å²) in [7, 11) is 0. The van der Waals surface area contributed by atoms with E-state index in [2.05, 4.69) is 5.32 Å². The van der Waals surface area contributed by atoms with Crippen molar-refractivity contribution in [1.82, 2.24) is 5.32 Å². The smallest absolute Gasteiger partial charge is 0.308 e. The van der Waals surface area contributed by atoms with Crippen LogP contribution in [0.4, 0.5) is 0 Å². The Morgan fingerprint density at radius 3 is 2.45 bits per heavy atom. The van der Waals surface area contributed by atoms with E-state index in [1.165, 1.54) is 11.6 Å². The number of hydrogen-bond acceptors (Lipinski definition) is 2. The van der Waals surface area contributed by atoms with Gasteiger partial charge in [0.2, 0.25) is 5.91 Å². The first kappa shape index (κ1) is 16.0. The third-order valence-electron chi connectivity index (χ3n) is 3.35. The lowest BCUT2D eigenvalue weighted by Gasteiger charge is -2.16. The number of carbonyl (C=O) groups excluding carboxylic acids is 1. The maximum absolute atomic E-state index is 11.7. The summed E-state index contributed by atoms with van der Waals surface area (Å²) in [5.41, 5.74) is 3.25. The number of amides is 1. The molecule has 108 valence electrons. The predicted octanol–water partition coefficient (Wildman–Crippen LogP) is 2.54. The van der Waals surface area contributed by atoms with Gasteiger partial charge in [-0.1, -0.05) is 23.8 Å². The molecule has 2 atom stereocenters. The van der Waals surface area contributed by atoms with Gasteiger partial charge in [-0.2, -0.15) is 0 Å². The summed E-state index contributed by atoms with van der Waals surface area (Å²) < 4.78 is 0. The summed E-state index contributed by atoms with van der Waals surface area (Å²) in [4.78, 5) is 22.6. The van der Waals surface area contributed by atoms with Gasteiger partial charge in [0.05, 0.1) is 5.92 Å². The van der Waals surface area contributed by atoms with E-state index < -0.39 is 17.9 Å². The van der Waals surface area contributed by atoms with Crippen molar-refractivity contribution in [2.75, 3.05) is 0 Å². The van der Waals surface area contributed by atoms with Crippen LogP contribution < -0.4 is 5.32 Å². The van der Waals surface area contributed by atoms with Crippen LogP contribution in [0.5, 0.6) is 0 Å². The first-order valence-electron chi connectivity index (χ1n) is 6.60. The van der Waals surface area contributed by atoms with Crippen molar-refractivity contribution in [1.29, 1.82) is 0 Å². The maximum atomic E-state index is 11.7. The summed E-state index contributed by atoms with van der Waals surface area (Å²) in [5, 5.41) is 11.5. The van der Waals surface area contributed by atoms with Gasteiger partial charge < -0.3 is 10.4 Å². The molecule has 0 bridgehead atoms. The van der Waals surface area contributed by atoms with Gasteiger partial charge in [0.1, 0.15) is 0 Å². The van der Waals surface area contributed by atoms with E-state index in [0.29, 0.717) is 0 Å². The van der Waals surface area contributed by atoms with E-state index in [9.17, 15) is 9.59 Å². The highest BCUT2D eigenvalue weighted by molar-refractivity contribution is 5.92. The molecule has 4 nitrogen and oxygen atoms in total. The van der Waals surface area contributed by atoms with Gasteiger partial charge >= 0.3 is 5.97 Å². The number of carboxylic acid groups (broad SMARTS) is 1. The monoisotopic (exact) mass is 275 g/mol. The predicted molar refractivity (Wildman–Crippen MR) is 79.4 cm³/mol. The van der Waals surface area contributed by atoms with Crippen molar-refractivity contribution < 1.29 is 14.7 Å². The van der Waals surface area contributed by atoms with Crippen LogP contribution in [0.3, 0.4) is 0 Å². The lowest BCUT2D eigenvalue weighted by molar-refractivity contribution is -0.142. The molecule has 2 unspecified atom stereocenters. The van der Waals surface area contributed by atoms with Crippen molar-refractivity contribution in [2.45, 2.75) is 33.7 Å². The van der Waals surface area contributed by atoms with Crippen LogP contribution in [0, 0.1) is 19.8 Å². The van der Waals surface area contributed by atoms with Gasteiger partial charge in [-0.05, 0) is 44.9 Å². The summed E-state index contributed by atoms with van der Waals surface area (Å²) in [6, 6.07) is 5.58. The number of aryl methyl sites for hydroxylation is 2. The van der Waals surface area contributed by atoms with E-state index in [1.807, 2.05) is 32.0 Å². The zero-order valence-corrected chi connectivity index (χ0v) is 12.3. The van der Waals surface area contributed by atoms with Crippen molar-refractivity contribution >= 4 is 18.0 Å². The van der Waals surface area contributed by atoms with E-state index in [1.54, 1.807) is 19.9 Å². The number of hydrogen-bond donors (Lipinski definition) is 2. The van der Waals surface area contributed by atoms with E-state index >= 15 is 0 Å². The van der Waals surface area contributed by atoms with Crippen molar-refractivity contribution in [2.24, 2.45) is 5.92 Å². The lowest BCUT2D eigenvalue weighted by atomic mass is 10.0. The van der Waals surface area contributed by atoms with Crippen LogP contribution in [0.25, 0.3) is 6.08 Å². The normalized spacial score (nSPS) is 14.0. The fraction of sp³-hybridized carbons (Fsp3) is 0.375. The molecule has 0 spiro atoms. The Labute approximate surface area is 119 Å². The van der Waals surface area contributed by atoms with Crippen LogP contribution in [-0.2, 0) is 9.59 Å². The molecule has 1 rings (SSSR count). The van der Waals surface area contributed by atoms with Crippen LogP contribution in [-0.4, -0.2) is 23.0 Å². The summed E-state index contributed by atoms with van der Waals surface area (Å²) in [6.07, 6.45) is 3.17. The molecular formula is C16H21NO3. The van der Waals surface area contributed by atoms with Crippen molar-refractivity contribution in [3.05, 3.63) is 41.0 Å². The van der Waals surface area contributed by atoms with Gasteiger partial charge in [-0.3, -0.25) is 9.59 Å². The fourth-order valence-electron chi connectivity index (χ4n) is 1.79. The Bertz CT molecular complexity index is 535. The highest BCUT2D eigenvalue weighted by atomic mass is 16.4. The third-order valence-corrected chi connectivity index (χ3v) is 3.35. The topological polar surface area (TPSA) is 66.4 Å². The maximum Gasteiger partial charge on any atom is 0.308 e. The molecule has 0 radical (unpaired) electrons. The minimum Gasteiger partial charge on any atom is -0.481 e. The van der Waals surface area contributed by atoms with Crippen molar-refractivity contribution in [3.8, 4) is 0 Å². The van der Waals surface area contributed by atoms with Gasteiger partial charge in [0, 0.05) is 12.1 Å². The molecule has 4 heteroatoms. The number of carbonyl (C=O) groups is 2. The zero-order chi connectivity index (χ0) is 15.3. The first-order chi connectivity index (χ1) is 9.31. The number of nitrogens with one attached hydrogen (secondary N) is 1. The lowest BCUT2D eigenvalue weighted by Crippen LogP contribution is -2.39. The molecule has 0 aliphatic carbocycles. The molecular weight excluding hydrogens is 254 g/mol. The quantitative estimate of drug-likeness (QED) is 0.811. The molecule has 20 heavy (non-hydrogen) atoms. The van der Waals surface area contributed by atoms with E-state index in [0.717, 1.165) is 11.1 Å². The molecule has 0 aliphatic heterocycles. The molecule has 1 aromatic carbocycles. The molecule has 0 saturated carbocycles. The molecule has 1 amide bonds. The van der Waals surface area contributed by atoms with Crippen LogP contribution >= 0.6 is 0 Å². The van der Waals surface area contributed by atoms with E-state index in [4.69, 9.17) is 5.11 Å². The number of rotatable bonds is 5. The van der Waals surface area contributed by atoms with Gasteiger partial charge in [0.25, 0.3) is 0 Å². The molecule has 1 aromatic rings. The average molecular weight is 275 g/mol. The van der Waals surface area contributed by atoms with Gasteiger partial charge in [-0.25, -0.2) is 0 Å². The van der Waals surface area contributed by atoms with Crippen molar-refractivity contribution in [3.63, 3.8) is 0 Å². The minimum absolute atomic E-state index is 0.287. The molecule has 0 heterocycles. The molecule has 2 N–H and O–H groups in total. The van der Waals surface area contributed by atoms with Gasteiger partial charge in [-0.15, -0.1) is 0 Å². The highest BCUT2D eigenvalue weighted by Gasteiger charge is 2.19. The second-order valence-corrected chi connectivity index (χ2v) is 5.12. The molecule has 0 aliphatic rings. The second kappa shape index (κ2) is 6.89. The van der Waals surface area contributed by atoms with Crippen LogP contribution in [0.1, 0.15) is 30.5 Å². The largest absolute Gasteiger partial charge is 0.481 e. The second-order valence-electron chi connectivity index (χ2n) is 5.12. The summed E-state index contributed by atoms with van der Waals surface area (Å²) in [6.45, 7) is 7.25. The molecule has 0 aromatic heterocycles. The Hall–Kier alpha value is -2.10. The zero-order valence-electron chi connectivity index (χ0n) is 12.3. The number of benzene rings is 1.